The molecule has 5 rings (SSSR count). The lowest BCUT2D eigenvalue weighted by molar-refractivity contribution is 1.41. The lowest BCUT2D eigenvalue weighted by Gasteiger charge is -2.21. The van der Waals surface area contributed by atoms with Gasteiger partial charge in [0.2, 0.25) is 0 Å². The molecule has 0 spiro atoms. The van der Waals surface area contributed by atoms with E-state index < -0.39 is 0 Å². The van der Waals surface area contributed by atoms with Crippen LogP contribution in [0.5, 0.6) is 0 Å². The first kappa shape index (κ1) is 21.9. The lowest BCUT2D eigenvalue weighted by atomic mass is 9.82. The number of benzene rings is 5. The highest BCUT2D eigenvalue weighted by molar-refractivity contribution is 5.97. The highest BCUT2D eigenvalue weighted by Gasteiger charge is 2.19. The van der Waals surface area contributed by atoms with Crippen LogP contribution in [0.2, 0.25) is 0 Å². The number of aryl methyl sites for hydroxylation is 4. The second kappa shape index (κ2) is 9.15. The van der Waals surface area contributed by atoms with Gasteiger partial charge in [-0.2, -0.15) is 0 Å². The molecule has 0 aliphatic heterocycles. The Morgan fingerprint density at radius 2 is 0.471 bits per heavy atom. The Bertz CT molecular complexity index is 1260. The van der Waals surface area contributed by atoms with E-state index in [2.05, 4.69) is 137 Å². The summed E-state index contributed by atoms with van der Waals surface area (Å²) < 4.78 is 0. The molecular weight excluding hydrogens is 408 g/mol. The summed E-state index contributed by atoms with van der Waals surface area (Å²) in [6.07, 6.45) is 0. The van der Waals surface area contributed by atoms with E-state index in [4.69, 9.17) is 0 Å². The van der Waals surface area contributed by atoms with E-state index in [1.807, 2.05) is 0 Å². The van der Waals surface area contributed by atoms with Crippen molar-refractivity contribution >= 4 is 0 Å². The Morgan fingerprint density at radius 3 is 0.676 bits per heavy atom. The van der Waals surface area contributed by atoms with Gasteiger partial charge in [0, 0.05) is 0 Å². The van der Waals surface area contributed by atoms with Gasteiger partial charge in [0.25, 0.3) is 0 Å². The molecule has 0 bridgehead atoms. The van der Waals surface area contributed by atoms with Gasteiger partial charge in [-0.1, -0.05) is 97.1 Å². The summed E-state index contributed by atoms with van der Waals surface area (Å²) in [4.78, 5) is 0. The largest absolute Gasteiger partial charge is 0.0620 e. The number of rotatable bonds is 4. The summed E-state index contributed by atoms with van der Waals surface area (Å²) in [5.41, 5.74) is 15.4. The Morgan fingerprint density at radius 1 is 0.265 bits per heavy atom. The van der Waals surface area contributed by atoms with E-state index in [-0.39, 0.29) is 0 Å². The molecule has 34 heavy (non-hydrogen) atoms. The second-order valence-electron chi connectivity index (χ2n) is 9.20. The van der Waals surface area contributed by atoms with Gasteiger partial charge in [-0.3, -0.25) is 0 Å². The van der Waals surface area contributed by atoms with Crippen LogP contribution < -0.4 is 0 Å². The van der Waals surface area contributed by atoms with Crippen LogP contribution in [0, 0.1) is 27.7 Å². The molecule has 0 heteroatoms. The third-order valence-corrected chi connectivity index (χ3v) is 6.90. The van der Waals surface area contributed by atoms with Crippen LogP contribution in [0.15, 0.2) is 109 Å². The smallest absolute Gasteiger partial charge is 0.00960 e. The molecule has 0 aliphatic carbocycles. The minimum atomic E-state index is 1.28. The van der Waals surface area contributed by atoms with Crippen LogP contribution in [0.25, 0.3) is 44.5 Å². The summed E-state index contributed by atoms with van der Waals surface area (Å²) >= 11 is 0. The fraction of sp³-hybridized carbons (Fsp3) is 0.118. The Balaban J connectivity index is 1.93. The highest BCUT2D eigenvalue weighted by Crippen LogP contribution is 2.44. The molecule has 166 valence electrons. The first-order chi connectivity index (χ1) is 16.5. The SMILES string of the molecule is Cc1ccccc1-c1cc(-c2ccccc2C)c(-c2ccccc2C)cc1-c1ccccc1C. The quantitative estimate of drug-likeness (QED) is 0.262. The summed E-state index contributed by atoms with van der Waals surface area (Å²) in [6, 6.07) is 39.8. The summed E-state index contributed by atoms with van der Waals surface area (Å²) in [7, 11) is 0. The maximum absolute atomic E-state index is 2.42. The molecule has 0 amide bonds. The van der Waals surface area contributed by atoms with E-state index >= 15 is 0 Å². The Hall–Kier alpha value is -3.90. The fourth-order valence-electron chi connectivity index (χ4n) is 4.99. The van der Waals surface area contributed by atoms with Gasteiger partial charge in [0.15, 0.2) is 0 Å². The third kappa shape index (κ3) is 3.97. The third-order valence-electron chi connectivity index (χ3n) is 6.90. The van der Waals surface area contributed by atoms with Gasteiger partial charge >= 0.3 is 0 Å². The van der Waals surface area contributed by atoms with Gasteiger partial charge in [-0.15, -0.1) is 0 Å². The van der Waals surface area contributed by atoms with Crippen molar-refractivity contribution in [2.45, 2.75) is 27.7 Å². The molecule has 0 unspecified atom stereocenters. The van der Waals surface area contributed by atoms with Crippen molar-refractivity contribution in [3.8, 4) is 44.5 Å². The molecule has 5 aromatic rings. The first-order valence-corrected chi connectivity index (χ1v) is 12.0. The summed E-state index contributed by atoms with van der Waals surface area (Å²) in [5, 5.41) is 0. The molecule has 0 fully saturated rings. The van der Waals surface area contributed by atoms with Crippen molar-refractivity contribution in [1.29, 1.82) is 0 Å². The first-order valence-electron chi connectivity index (χ1n) is 12.0. The summed E-state index contributed by atoms with van der Waals surface area (Å²) in [6.45, 7) is 8.83. The van der Waals surface area contributed by atoms with E-state index in [0.29, 0.717) is 0 Å². The normalized spacial score (nSPS) is 10.9. The Kier molecular flexibility index (Phi) is 5.90. The zero-order valence-corrected chi connectivity index (χ0v) is 20.4. The molecule has 0 saturated heterocycles. The van der Waals surface area contributed by atoms with E-state index in [1.54, 1.807) is 0 Å². The molecule has 0 nitrogen and oxygen atoms in total. The van der Waals surface area contributed by atoms with Crippen molar-refractivity contribution < 1.29 is 0 Å². The predicted octanol–water partition coefficient (Wildman–Crippen LogP) is 9.59. The maximum Gasteiger partial charge on any atom is -0.00960 e. The predicted molar refractivity (Wildman–Crippen MR) is 147 cm³/mol. The van der Waals surface area contributed by atoms with Crippen molar-refractivity contribution in [3.05, 3.63) is 131 Å². The van der Waals surface area contributed by atoms with Crippen molar-refractivity contribution in [2.75, 3.05) is 0 Å². The van der Waals surface area contributed by atoms with Crippen LogP contribution in [-0.4, -0.2) is 0 Å². The summed E-state index contributed by atoms with van der Waals surface area (Å²) in [5.74, 6) is 0. The van der Waals surface area contributed by atoms with Crippen LogP contribution in [-0.2, 0) is 0 Å². The topological polar surface area (TPSA) is 0 Å². The van der Waals surface area contributed by atoms with Gasteiger partial charge in [-0.25, -0.2) is 0 Å². The van der Waals surface area contributed by atoms with Crippen LogP contribution >= 0.6 is 0 Å². The van der Waals surface area contributed by atoms with E-state index in [1.165, 1.54) is 66.8 Å². The Labute approximate surface area is 203 Å². The van der Waals surface area contributed by atoms with Crippen molar-refractivity contribution in [2.24, 2.45) is 0 Å². The average Bonchev–Trinajstić information content (AvgIpc) is 2.85. The maximum atomic E-state index is 2.42. The molecule has 0 radical (unpaired) electrons. The zero-order valence-electron chi connectivity index (χ0n) is 20.4. The van der Waals surface area contributed by atoms with Crippen molar-refractivity contribution in [3.63, 3.8) is 0 Å². The standard InChI is InChI=1S/C34H30/c1-23-13-5-9-17-27(23)31-21-33(29-19-11-7-15-25(29)3)34(30-20-12-8-16-26(30)4)22-32(31)28-18-10-6-14-24(28)2/h5-22H,1-4H3. The van der Waals surface area contributed by atoms with E-state index in [9.17, 15) is 0 Å². The van der Waals surface area contributed by atoms with Crippen molar-refractivity contribution in [1.82, 2.24) is 0 Å². The van der Waals surface area contributed by atoms with Crippen LogP contribution in [0.1, 0.15) is 22.3 Å². The molecule has 0 aromatic heterocycles. The number of hydrogen-bond acceptors (Lipinski definition) is 0. The minimum Gasteiger partial charge on any atom is -0.0620 e. The van der Waals surface area contributed by atoms with Crippen LogP contribution in [0.4, 0.5) is 0 Å². The lowest BCUT2D eigenvalue weighted by Crippen LogP contribution is -1.96. The molecular formula is C34H30. The fourth-order valence-corrected chi connectivity index (χ4v) is 4.99. The van der Waals surface area contributed by atoms with Gasteiger partial charge in [-0.05, 0) is 107 Å². The molecule has 0 saturated carbocycles. The molecule has 0 N–H and O–H groups in total. The average molecular weight is 439 g/mol. The minimum absolute atomic E-state index is 1.28. The number of hydrogen-bond donors (Lipinski definition) is 0. The monoisotopic (exact) mass is 438 g/mol. The van der Waals surface area contributed by atoms with Gasteiger partial charge in [0.05, 0.1) is 0 Å². The highest BCUT2D eigenvalue weighted by atomic mass is 14.2. The molecule has 5 aromatic carbocycles. The van der Waals surface area contributed by atoms with Gasteiger partial charge in [0.1, 0.15) is 0 Å². The van der Waals surface area contributed by atoms with Gasteiger partial charge < -0.3 is 0 Å². The molecule has 0 atom stereocenters. The zero-order chi connectivity index (χ0) is 23.7. The second-order valence-corrected chi connectivity index (χ2v) is 9.20. The molecule has 0 aliphatic rings. The molecule has 0 heterocycles. The van der Waals surface area contributed by atoms with E-state index in [0.717, 1.165) is 0 Å². The van der Waals surface area contributed by atoms with Crippen LogP contribution in [0.3, 0.4) is 0 Å².